The standard InChI is InChI=1S/C12H9Cl2FN4O2S2/c1-19-6(3-23(20)21)8(14)10(18-19)7-5(15)2-4(13)9-11(7)22-12(16)17-9/h2H,3H2,1H3,(H2,16,17)(H,20,21)/p-1. The summed E-state index contributed by atoms with van der Waals surface area (Å²) in [6.07, 6.45) is 0. The number of hydrogen-bond acceptors (Lipinski definition) is 6. The number of nitrogens with two attached hydrogens (primary N) is 1. The van der Waals surface area contributed by atoms with Gasteiger partial charge in [0, 0.05) is 7.05 Å². The predicted octanol–water partition coefficient (Wildman–Crippen LogP) is 3.10. The average molecular weight is 394 g/mol. The lowest BCUT2D eigenvalue weighted by Gasteiger charge is -2.05. The molecule has 0 aliphatic heterocycles. The molecular formula is C12H8Cl2FN4O2S2-. The number of anilines is 1. The molecule has 3 aromatic rings. The molecule has 1 aromatic carbocycles. The van der Waals surface area contributed by atoms with E-state index in [9.17, 15) is 13.2 Å². The van der Waals surface area contributed by atoms with Gasteiger partial charge < -0.3 is 10.3 Å². The number of hydrogen-bond donors (Lipinski definition) is 1. The Hall–Kier alpha value is -1.26. The molecule has 11 heteroatoms. The molecule has 3 rings (SSSR count). The highest BCUT2D eigenvalue weighted by Gasteiger charge is 2.24. The minimum Gasteiger partial charge on any atom is -0.772 e. The Morgan fingerprint density at radius 3 is 2.87 bits per heavy atom. The van der Waals surface area contributed by atoms with Gasteiger partial charge in [0.15, 0.2) is 5.13 Å². The molecule has 1 unspecified atom stereocenters. The maximum Gasteiger partial charge on any atom is 0.181 e. The van der Waals surface area contributed by atoms with Crippen LogP contribution in [0.3, 0.4) is 0 Å². The zero-order valence-electron chi connectivity index (χ0n) is 11.5. The van der Waals surface area contributed by atoms with E-state index in [4.69, 9.17) is 28.9 Å². The zero-order valence-corrected chi connectivity index (χ0v) is 14.6. The zero-order chi connectivity index (χ0) is 16.9. The molecule has 0 saturated carbocycles. The number of aromatic nitrogens is 3. The van der Waals surface area contributed by atoms with Crippen molar-refractivity contribution in [3.05, 3.63) is 27.6 Å². The lowest BCUT2D eigenvalue weighted by atomic mass is 10.1. The van der Waals surface area contributed by atoms with E-state index < -0.39 is 16.9 Å². The summed E-state index contributed by atoms with van der Waals surface area (Å²) in [7, 11) is 1.53. The first-order valence-corrected chi connectivity index (χ1v) is 8.92. The van der Waals surface area contributed by atoms with Crippen LogP contribution in [0.5, 0.6) is 0 Å². The highest BCUT2D eigenvalue weighted by Crippen LogP contribution is 2.42. The molecule has 6 nitrogen and oxygen atoms in total. The SMILES string of the molecule is Cn1nc(-c2c(F)cc(Cl)c3nc(N)sc23)c(Cl)c1CS(=O)[O-]. The first-order valence-electron chi connectivity index (χ1n) is 6.11. The summed E-state index contributed by atoms with van der Waals surface area (Å²) in [4.78, 5) is 4.07. The van der Waals surface area contributed by atoms with Crippen LogP contribution < -0.4 is 5.73 Å². The van der Waals surface area contributed by atoms with Gasteiger partial charge in [0.2, 0.25) is 0 Å². The number of nitrogen functional groups attached to an aromatic ring is 1. The van der Waals surface area contributed by atoms with Gasteiger partial charge in [0.1, 0.15) is 17.0 Å². The summed E-state index contributed by atoms with van der Waals surface area (Å²) < 4.78 is 38.1. The lowest BCUT2D eigenvalue weighted by molar-refractivity contribution is 0.533. The normalized spacial score (nSPS) is 12.9. The molecule has 0 amide bonds. The van der Waals surface area contributed by atoms with Crippen LogP contribution in [0.2, 0.25) is 10.0 Å². The fourth-order valence-electron chi connectivity index (χ4n) is 2.21. The minimum atomic E-state index is -2.35. The molecule has 0 bridgehead atoms. The monoisotopic (exact) mass is 393 g/mol. The van der Waals surface area contributed by atoms with E-state index in [0.29, 0.717) is 10.2 Å². The first-order chi connectivity index (χ1) is 10.8. The molecule has 23 heavy (non-hydrogen) atoms. The molecule has 0 spiro atoms. The van der Waals surface area contributed by atoms with E-state index in [1.165, 1.54) is 11.7 Å². The number of aryl methyl sites for hydroxylation is 1. The van der Waals surface area contributed by atoms with Crippen molar-refractivity contribution >= 4 is 61.0 Å². The summed E-state index contributed by atoms with van der Waals surface area (Å²) in [5.74, 6) is -0.966. The highest BCUT2D eigenvalue weighted by molar-refractivity contribution is 7.78. The fourth-order valence-corrected chi connectivity index (χ4v) is 4.35. The van der Waals surface area contributed by atoms with Crippen LogP contribution >= 0.6 is 34.5 Å². The average Bonchev–Trinajstić information content (AvgIpc) is 2.95. The minimum absolute atomic E-state index is 0.0613. The van der Waals surface area contributed by atoms with Crippen molar-refractivity contribution in [1.29, 1.82) is 0 Å². The van der Waals surface area contributed by atoms with Crippen molar-refractivity contribution in [3.63, 3.8) is 0 Å². The third-order valence-corrected chi connectivity index (χ3v) is 5.28. The van der Waals surface area contributed by atoms with E-state index >= 15 is 0 Å². The van der Waals surface area contributed by atoms with Gasteiger partial charge in [0.25, 0.3) is 0 Å². The van der Waals surface area contributed by atoms with Crippen molar-refractivity contribution in [2.75, 3.05) is 5.73 Å². The van der Waals surface area contributed by atoms with Gasteiger partial charge in [-0.2, -0.15) is 5.10 Å². The van der Waals surface area contributed by atoms with Crippen LogP contribution in [0, 0.1) is 5.82 Å². The molecule has 0 aliphatic rings. The molecule has 2 N–H and O–H groups in total. The van der Waals surface area contributed by atoms with Crippen molar-refractivity contribution in [3.8, 4) is 11.3 Å². The Kier molecular flexibility index (Phi) is 4.32. The van der Waals surface area contributed by atoms with Crippen molar-refractivity contribution < 1.29 is 13.2 Å². The van der Waals surface area contributed by atoms with Crippen LogP contribution in [0.25, 0.3) is 21.5 Å². The molecular weight excluding hydrogens is 386 g/mol. The van der Waals surface area contributed by atoms with E-state index in [2.05, 4.69) is 10.1 Å². The maximum atomic E-state index is 14.5. The number of rotatable bonds is 3. The summed E-state index contributed by atoms with van der Waals surface area (Å²) in [5, 5.41) is 4.56. The van der Waals surface area contributed by atoms with E-state index in [-0.39, 0.29) is 37.9 Å². The van der Waals surface area contributed by atoms with Gasteiger partial charge in [0.05, 0.1) is 31.8 Å². The third-order valence-electron chi connectivity index (χ3n) is 3.18. The maximum absolute atomic E-state index is 14.5. The molecule has 2 heterocycles. The van der Waals surface area contributed by atoms with E-state index in [1.807, 2.05) is 0 Å². The number of benzene rings is 1. The van der Waals surface area contributed by atoms with Gasteiger partial charge in [-0.05, 0) is 17.1 Å². The Balaban J connectivity index is 2.31. The Morgan fingerprint density at radius 1 is 1.52 bits per heavy atom. The molecule has 1 atom stereocenters. The van der Waals surface area contributed by atoms with Gasteiger partial charge in [-0.1, -0.05) is 34.5 Å². The van der Waals surface area contributed by atoms with Crippen molar-refractivity contribution in [2.24, 2.45) is 7.05 Å². The molecule has 0 aliphatic carbocycles. The Morgan fingerprint density at radius 2 is 2.22 bits per heavy atom. The first kappa shape index (κ1) is 16.6. The van der Waals surface area contributed by atoms with Crippen molar-refractivity contribution in [1.82, 2.24) is 14.8 Å². The van der Waals surface area contributed by atoms with Crippen molar-refractivity contribution in [2.45, 2.75) is 5.75 Å². The highest BCUT2D eigenvalue weighted by atomic mass is 35.5. The van der Waals surface area contributed by atoms with Gasteiger partial charge in [-0.15, -0.1) is 0 Å². The number of thiazole rings is 1. The van der Waals surface area contributed by atoms with Crippen LogP contribution in [-0.2, 0) is 23.9 Å². The molecule has 0 fully saturated rings. The van der Waals surface area contributed by atoms with Gasteiger partial charge in [-0.25, -0.2) is 9.37 Å². The van der Waals surface area contributed by atoms with E-state index in [0.717, 1.165) is 17.4 Å². The number of nitrogens with zero attached hydrogens (tertiary/aromatic N) is 3. The van der Waals surface area contributed by atoms with Gasteiger partial charge in [-0.3, -0.25) is 8.89 Å². The predicted molar refractivity (Wildman–Crippen MR) is 88.8 cm³/mol. The summed E-state index contributed by atoms with van der Waals surface area (Å²) in [6, 6.07) is 1.11. The van der Waals surface area contributed by atoms with Crippen LogP contribution in [-0.4, -0.2) is 23.5 Å². The molecule has 0 saturated heterocycles. The molecule has 122 valence electrons. The number of fused-ring (bicyclic) bond motifs is 1. The Labute approximate surface area is 146 Å². The van der Waals surface area contributed by atoms with Crippen LogP contribution in [0.15, 0.2) is 6.07 Å². The Bertz CT molecular complexity index is 957. The molecule has 2 aromatic heterocycles. The van der Waals surface area contributed by atoms with Crippen LogP contribution in [0.1, 0.15) is 5.69 Å². The second-order valence-electron chi connectivity index (χ2n) is 4.63. The second kappa shape index (κ2) is 5.99. The third kappa shape index (κ3) is 2.83. The van der Waals surface area contributed by atoms with Gasteiger partial charge >= 0.3 is 0 Å². The van der Waals surface area contributed by atoms with Crippen LogP contribution in [0.4, 0.5) is 9.52 Å². The second-order valence-corrected chi connectivity index (χ2v) is 7.34. The fraction of sp³-hybridized carbons (Fsp3) is 0.167. The molecule has 0 radical (unpaired) electrons. The quantitative estimate of drug-likeness (QED) is 0.689. The smallest absolute Gasteiger partial charge is 0.181 e. The summed E-state index contributed by atoms with van der Waals surface area (Å²) in [5.41, 5.74) is 6.51. The summed E-state index contributed by atoms with van der Waals surface area (Å²) in [6.45, 7) is 0. The van der Waals surface area contributed by atoms with E-state index in [1.54, 1.807) is 0 Å². The number of halogens is 3. The summed E-state index contributed by atoms with van der Waals surface area (Å²) >= 11 is 10.9. The lowest BCUT2D eigenvalue weighted by Crippen LogP contribution is -2.02. The topological polar surface area (TPSA) is 96.9 Å². The largest absolute Gasteiger partial charge is 0.772 e.